The molecule has 0 atom stereocenters. The minimum Gasteiger partial charge on any atom is -0.481 e. The molecule has 1 aromatic carbocycles. The lowest BCUT2D eigenvalue weighted by molar-refractivity contribution is -0.136. The van der Waals surface area contributed by atoms with Crippen LogP contribution in [0.4, 0.5) is 0 Å². The Morgan fingerprint density at radius 1 is 1.21 bits per heavy atom. The number of carboxylic acid groups (broad SMARTS) is 1. The summed E-state index contributed by atoms with van der Waals surface area (Å²) in [4.78, 5) is 23.2. The molecule has 19 heavy (non-hydrogen) atoms. The molecule has 0 spiro atoms. The van der Waals surface area contributed by atoms with Crippen molar-refractivity contribution in [1.82, 2.24) is 4.57 Å². The van der Waals surface area contributed by atoms with Crippen LogP contribution in [-0.4, -0.2) is 15.6 Å². The molecule has 1 heterocycles. The number of carboxylic acids is 1. The van der Waals surface area contributed by atoms with Crippen LogP contribution in [0.1, 0.15) is 22.3 Å². The summed E-state index contributed by atoms with van der Waals surface area (Å²) >= 11 is 0. The van der Waals surface area contributed by atoms with Gasteiger partial charge in [-0.3, -0.25) is 9.59 Å². The second-order valence-corrected chi connectivity index (χ2v) is 4.96. The van der Waals surface area contributed by atoms with Gasteiger partial charge in [-0.15, -0.1) is 0 Å². The van der Waals surface area contributed by atoms with Gasteiger partial charge in [0.25, 0.3) is 5.56 Å². The number of nitrogens with zero attached hydrogens (tertiary/aromatic N) is 1. The number of aromatic nitrogens is 1. The average Bonchev–Trinajstić information content (AvgIpc) is 2.34. The standard InChI is InChI=1S/C15H17NO3/c1-8-5-6-9(2)14-13(8)10(3)11(7-12(17)18)15(19)16(14)4/h5-6H,7H2,1-4H3,(H,17,18). The van der Waals surface area contributed by atoms with Crippen molar-refractivity contribution in [2.75, 3.05) is 0 Å². The number of aryl methyl sites for hydroxylation is 4. The number of fused-ring (bicyclic) bond motifs is 1. The molecule has 4 nitrogen and oxygen atoms in total. The molecular formula is C15H17NO3. The van der Waals surface area contributed by atoms with Gasteiger partial charge in [0.2, 0.25) is 0 Å². The van der Waals surface area contributed by atoms with Crippen LogP contribution in [0.2, 0.25) is 0 Å². The molecule has 4 heteroatoms. The van der Waals surface area contributed by atoms with Crippen molar-refractivity contribution in [2.45, 2.75) is 27.2 Å². The van der Waals surface area contributed by atoms with E-state index in [1.807, 2.05) is 32.9 Å². The lowest BCUT2D eigenvalue weighted by Gasteiger charge is -2.16. The fourth-order valence-electron chi connectivity index (χ4n) is 2.68. The molecule has 2 aromatic rings. The zero-order chi connectivity index (χ0) is 14.3. The van der Waals surface area contributed by atoms with E-state index in [2.05, 4.69) is 0 Å². The van der Waals surface area contributed by atoms with Crippen molar-refractivity contribution in [1.29, 1.82) is 0 Å². The van der Waals surface area contributed by atoms with E-state index in [9.17, 15) is 9.59 Å². The van der Waals surface area contributed by atoms with Gasteiger partial charge in [0.1, 0.15) is 0 Å². The molecule has 0 bridgehead atoms. The summed E-state index contributed by atoms with van der Waals surface area (Å²) in [5.74, 6) is -0.982. The fraction of sp³-hybridized carbons (Fsp3) is 0.333. The van der Waals surface area contributed by atoms with Crippen molar-refractivity contribution in [3.05, 3.63) is 44.7 Å². The number of carbonyl (C=O) groups is 1. The Labute approximate surface area is 111 Å². The van der Waals surface area contributed by atoms with Gasteiger partial charge in [-0.2, -0.15) is 0 Å². The predicted molar refractivity (Wildman–Crippen MR) is 74.7 cm³/mol. The maximum absolute atomic E-state index is 12.3. The van der Waals surface area contributed by atoms with Crippen molar-refractivity contribution in [3.8, 4) is 0 Å². The van der Waals surface area contributed by atoms with E-state index in [-0.39, 0.29) is 12.0 Å². The lowest BCUT2D eigenvalue weighted by Crippen LogP contribution is -2.25. The number of pyridine rings is 1. The summed E-state index contributed by atoms with van der Waals surface area (Å²) in [6.07, 6.45) is -0.234. The Balaban J connectivity index is 3.00. The minimum atomic E-state index is -0.982. The summed E-state index contributed by atoms with van der Waals surface area (Å²) in [6, 6.07) is 3.98. The van der Waals surface area contributed by atoms with Gasteiger partial charge >= 0.3 is 5.97 Å². The molecule has 0 saturated heterocycles. The first-order chi connectivity index (χ1) is 8.84. The number of aliphatic carboxylic acids is 1. The Kier molecular flexibility index (Phi) is 3.18. The second kappa shape index (κ2) is 4.53. The molecule has 0 amide bonds. The highest BCUT2D eigenvalue weighted by Crippen LogP contribution is 2.25. The first-order valence-corrected chi connectivity index (χ1v) is 6.14. The van der Waals surface area contributed by atoms with Gasteiger partial charge in [-0.1, -0.05) is 12.1 Å². The quantitative estimate of drug-likeness (QED) is 0.898. The van der Waals surface area contributed by atoms with E-state index in [1.165, 1.54) is 0 Å². The molecule has 100 valence electrons. The van der Waals surface area contributed by atoms with Crippen LogP contribution in [0.3, 0.4) is 0 Å². The first-order valence-electron chi connectivity index (χ1n) is 6.14. The predicted octanol–water partition coefficient (Wildman–Crippen LogP) is 2.09. The van der Waals surface area contributed by atoms with Crippen LogP contribution in [-0.2, 0) is 18.3 Å². The van der Waals surface area contributed by atoms with Gasteiger partial charge in [0, 0.05) is 18.0 Å². The number of hydrogen-bond donors (Lipinski definition) is 1. The van der Waals surface area contributed by atoms with Crippen LogP contribution in [0.5, 0.6) is 0 Å². The smallest absolute Gasteiger partial charge is 0.308 e. The SMILES string of the molecule is Cc1ccc(C)c2c1c(C)c(CC(=O)O)c(=O)n2C. The molecule has 0 aliphatic heterocycles. The van der Waals surface area contributed by atoms with Gasteiger partial charge in [-0.05, 0) is 37.5 Å². The number of hydrogen-bond acceptors (Lipinski definition) is 2. The highest BCUT2D eigenvalue weighted by molar-refractivity contribution is 5.90. The van der Waals surface area contributed by atoms with E-state index in [4.69, 9.17) is 5.11 Å². The van der Waals surface area contributed by atoms with E-state index in [1.54, 1.807) is 11.6 Å². The van der Waals surface area contributed by atoms with Crippen molar-refractivity contribution >= 4 is 16.9 Å². The Bertz CT molecular complexity index is 741. The van der Waals surface area contributed by atoms with Crippen LogP contribution < -0.4 is 5.56 Å². The maximum atomic E-state index is 12.3. The summed E-state index contributed by atoms with van der Waals surface area (Å²) < 4.78 is 1.56. The summed E-state index contributed by atoms with van der Waals surface area (Å²) in [6.45, 7) is 5.76. The molecule has 0 fully saturated rings. The average molecular weight is 259 g/mol. The minimum absolute atomic E-state index is 0.221. The number of rotatable bonds is 2. The molecule has 0 saturated carbocycles. The van der Waals surface area contributed by atoms with Crippen molar-refractivity contribution < 1.29 is 9.90 Å². The first kappa shape index (κ1) is 13.3. The van der Waals surface area contributed by atoms with Crippen molar-refractivity contribution in [3.63, 3.8) is 0 Å². The zero-order valence-electron chi connectivity index (χ0n) is 11.6. The second-order valence-electron chi connectivity index (χ2n) is 4.96. The van der Waals surface area contributed by atoms with E-state index in [0.29, 0.717) is 5.56 Å². The van der Waals surface area contributed by atoms with E-state index >= 15 is 0 Å². The topological polar surface area (TPSA) is 59.3 Å². The number of benzene rings is 1. The molecule has 0 radical (unpaired) electrons. The molecule has 2 rings (SSSR count). The molecule has 1 N–H and O–H groups in total. The third-order valence-corrected chi connectivity index (χ3v) is 3.64. The van der Waals surface area contributed by atoms with Crippen LogP contribution in [0.25, 0.3) is 10.9 Å². The largest absolute Gasteiger partial charge is 0.481 e. The maximum Gasteiger partial charge on any atom is 0.308 e. The molecule has 0 aliphatic rings. The Hall–Kier alpha value is -2.10. The monoisotopic (exact) mass is 259 g/mol. The van der Waals surface area contributed by atoms with Crippen LogP contribution in [0.15, 0.2) is 16.9 Å². The van der Waals surface area contributed by atoms with E-state index in [0.717, 1.165) is 27.6 Å². The third-order valence-electron chi connectivity index (χ3n) is 3.64. The Morgan fingerprint density at radius 3 is 2.37 bits per heavy atom. The molecule has 0 aliphatic carbocycles. The normalized spacial score (nSPS) is 10.9. The summed E-state index contributed by atoms with van der Waals surface area (Å²) in [5, 5.41) is 9.94. The van der Waals surface area contributed by atoms with Crippen LogP contribution in [0, 0.1) is 20.8 Å². The van der Waals surface area contributed by atoms with Crippen molar-refractivity contribution in [2.24, 2.45) is 7.05 Å². The molecule has 1 aromatic heterocycles. The van der Waals surface area contributed by atoms with Gasteiger partial charge in [0.05, 0.1) is 11.9 Å². The Morgan fingerprint density at radius 2 is 1.79 bits per heavy atom. The summed E-state index contributed by atoms with van der Waals surface area (Å²) in [7, 11) is 1.70. The summed E-state index contributed by atoms with van der Waals surface area (Å²) in [5.41, 5.74) is 3.89. The fourth-order valence-corrected chi connectivity index (χ4v) is 2.68. The van der Waals surface area contributed by atoms with Gasteiger partial charge in [0.15, 0.2) is 0 Å². The highest BCUT2D eigenvalue weighted by atomic mass is 16.4. The molecular weight excluding hydrogens is 242 g/mol. The third kappa shape index (κ3) is 2.03. The zero-order valence-corrected chi connectivity index (χ0v) is 11.6. The molecule has 0 unspecified atom stereocenters. The highest BCUT2D eigenvalue weighted by Gasteiger charge is 2.16. The van der Waals surface area contributed by atoms with Gasteiger partial charge < -0.3 is 9.67 Å². The van der Waals surface area contributed by atoms with E-state index < -0.39 is 5.97 Å². The lowest BCUT2D eigenvalue weighted by atomic mass is 9.96. The van der Waals surface area contributed by atoms with Crippen LogP contribution >= 0.6 is 0 Å². The van der Waals surface area contributed by atoms with Gasteiger partial charge in [-0.25, -0.2) is 0 Å².